The highest BCUT2D eigenvalue weighted by molar-refractivity contribution is 7.99. The second-order valence-electron chi connectivity index (χ2n) is 6.41. The summed E-state index contributed by atoms with van der Waals surface area (Å²) in [6, 6.07) is 15.2. The molecule has 0 atom stereocenters. The molecular weight excluding hydrogens is 386 g/mol. The molecule has 4 rings (SSSR count). The second-order valence-corrected chi connectivity index (χ2v) is 7.36. The number of aryl methyl sites for hydroxylation is 1. The molecule has 1 N–H and O–H groups in total. The van der Waals surface area contributed by atoms with Crippen LogP contribution in [0.1, 0.15) is 11.3 Å². The Morgan fingerprint density at radius 2 is 2.00 bits per heavy atom. The molecule has 0 aliphatic carbocycles. The number of furan rings is 1. The highest BCUT2D eigenvalue weighted by atomic mass is 32.2. The first kappa shape index (κ1) is 18.9. The number of carbonyl (C=O) groups is 1. The molecule has 29 heavy (non-hydrogen) atoms. The molecule has 0 aliphatic heterocycles. The van der Waals surface area contributed by atoms with Gasteiger partial charge in [0.05, 0.1) is 18.6 Å². The van der Waals surface area contributed by atoms with E-state index in [1.165, 1.54) is 11.8 Å². The molecule has 0 radical (unpaired) electrons. The number of thioether (sulfide) groups is 1. The first-order valence-corrected chi connectivity index (χ1v) is 10.0. The third-order valence-electron chi connectivity index (χ3n) is 4.18. The van der Waals surface area contributed by atoms with E-state index in [9.17, 15) is 4.79 Å². The summed E-state index contributed by atoms with van der Waals surface area (Å²) < 4.78 is 7.43. The number of nitrogens with one attached hydrogen (secondary N) is 1. The number of anilines is 1. The average molecular weight is 405 g/mol. The fraction of sp³-hybridized carbons (Fsp3) is 0.143. The van der Waals surface area contributed by atoms with Crippen LogP contribution in [0.15, 0.2) is 76.8 Å². The van der Waals surface area contributed by atoms with Crippen molar-refractivity contribution in [3.8, 4) is 11.4 Å². The normalized spacial score (nSPS) is 10.8. The largest absolute Gasteiger partial charge is 0.467 e. The van der Waals surface area contributed by atoms with Gasteiger partial charge in [0, 0.05) is 23.6 Å². The lowest BCUT2D eigenvalue weighted by Gasteiger charge is -2.09. The van der Waals surface area contributed by atoms with E-state index in [4.69, 9.17) is 4.42 Å². The van der Waals surface area contributed by atoms with Crippen LogP contribution in [0.25, 0.3) is 11.4 Å². The molecule has 3 heterocycles. The zero-order chi connectivity index (χ0) is 20.1. The van der Waals surface area contributed by atoms with Crippen molar-refractivity contribution in [3.05, 3.63) is 78.5 Å². The lowest BCUT2D eigenvalue weighted by molar-refractivity contribution is -0.113. The zero-order valence-corrected chi connectivity index (χ0v) is 16.6. The van der Waals surface area contributed by atoms with E-state index in [1.807, 2.05) is 60.0 Å². The number of pyridine rings is 1. The minimum atomic E-state index is -0.0985. The SMILES string of the molecule is Cc1cccc(NC(=O)CSc2nnc(-c3ccncc3)n2Cc2ccco2)c1. The quantitative estimate of drug-likeness (QED) is 0.468. The van der Waals surface area contributed by atoms with Gasteiger partial charge in [-0.15, -0.1) is 10.2 Å². The van der Waals surface area contributed by atoms with Crippen molar-refractivity contribution in [2.45, 2.75) is 18.6 Å². The van der Waals surface area contributed by atoms with Crippen molar-refractivity contribution in [1.29, 1.82) is 0 Å². The van der Waals surface area contributed by atoms with E-state index < -0.39 is 0 Å². The number of hydrogen-bond acceptors (Lipinski definition) is 6. The molecule has 0 fully saturated rings. The topological polar surface area (TPSA) is 85.8 Å². The van der Waals surface area contributed by atoms with E-state index in [-0.39, 0.29) is 11.7 Å². The monoisotopic (exact) mass is 405 g/mol. The summed E-state index contributed by atoms with van der Waals surface area (Å²) >= 11 is 1.34. The van der Waals surface area contributed by atoms with Gasteiger partial charge in [-0.2, -0.15) is 0 Å². The van der Waals surface area contributed by atoms with Gasteiger partial charge in [0.2, 0.25) is 5.91 Å². The Bertz CT molecular complexity index is 1090. The van der Waals surface area contributed by atoms with E-state index >= 15 is 0 Å². The Hall–Kier alpha value is -3.39. The number of rotatable bonds is 7. The van der Waals surface area contributed by atoms with Crippen LogP contribution >= 0.6 is 11.8 Å². The number of hydrogen-bond donors (Lipinski definition) is 1. The van der Waals surface area contributed by atoms with Crippen LogP contribution in [0.2, 0.25) is 0 Å². The maximum Gasteiger partial charge on any atom is 0.234 e. The van der Waals surface area contributed by atoms with Crippen molar-refractivity contribution in [3.63, 3.8) is 0 Å². The molecule has 0 saturated carbocycles. The highest BCUT2D eigenvalue weighted by Crippen LogP contribution is 2.25. The second kappa shape index (κ2) is 8.74. The fourth-order valence-corrected chi connectivity index (χ4v) is 3.60. The molecule has 1 aromatic carbocycles. The maximum atomic E-state index is 12.4. The molecule has 7 nitrogen and oxygen atoms in total. The van der Waals surface area contributed by atoms with Crippen LogP contribution in [0.4, 0.5) is 5.69 Å². The van der Waals surface area contributed by atoms with Crippen LogP contribution in [-0.4, -0.2) is 31.4 Å². The van der Waals surface area contributed by atoms with Crippen molar-refractivity contribution >= 4 is 23.4 Å². The zero-order valence-electron chi connectivity index (χ0n) is 15.8. The van der Waals surface area contributed by atoms with Crippen molar-refractivity contribution in [2.24, 2.45) is 0 Å². The fourth-order valence-electron chi connectivity index (χ4n) is 2.86. The lowest BCUT2D eigenvalue weighted by atomic mass is 10.2. The molecule has 1 amide bonds. The van der Waals surface area contributed by atoms with Crippen LogP contribution in [0, 0.1) is 6.92 Å². The number of aromatic nitrogens is 4. The van der Waals surface area contributed by atoms with Crippen LogP contribution in [0.5, 0.6) is 0 Å². The van der Waals surface area contributed by atoms with Gasteiger partial charge >= 0.3 is 0 Å². The van der Waals surface area contributed by atoms with Gasteiger partial charge in [-0.05, 0) is 48.9 Å². The summed E-state index contributed by atoms with van der Waals surface area (Å²) in [4.78, 5) is 16.4. The van der Waals surface area contributed by atoms with Crippen molar-refractivity contribution in [2.75, 3.05) is 11.1 Å². The Balaban J connectivity index is 1.52. The van der Waals surface area contributed by atoms with Crippen LogP contribution < -0.4 is 5.32 Å². The first-order chi connectivity index (χ1) is 14.2. The Kier molecular flexibility index (Phi) is 5.71. The number of nitrogens with zero attached hydrogens (tertiary/aromatic N) is 4. The summed E-state index contributed by atoms with van der Waals surface area (Å²) in [5, 5.41) is 12.2. The minimum Gasteiger partial charge on any atom is -0.467 e. The third-order valence-corrected chi connectivity index (χ3v) is 5.15. The maximum absolute atomic E-state index is 12.4. The van der Waals surface area contributed by atoms with Crippen molar-refractivity contribution < 1.29 is 9.21 Å². The van der Waals surface area contributed by atoms with E-state index in [2.05, 4.69) is 20.5 Å². The van der Waals surface area contributed by atoms with Gasteiger partial charge < -0.3 is 9.73 Å². The molecule has 0 spiro atoms. The number of benzene rings is 1. The molecule has 0 unspecified atom stereocenters. The summed E-state index contributed by atoms with van der Waals surface area (Å²) in [7, 11) is 0. The smallest absolute Gasteiger partial charge is 0.234 e. The molecular formula is C21H19N5O2S. The van der Waals surface area contributed by atoms with Gasteiger partial charge in [0.1, 0.15) is 5.76 Å². The molecule has 146 valence electrons. The number of carbonyl (C=O) groups excluding carboxylic acids is 1. The standard InChI is InChI=1S/C21H19N5O2S/c1-15-4-2-5-17(12-15)23-19(27)14-29-21-25-24-20(16-7-9-22-10-8-16)26(21)13-18-6-3-11-28-18/h2-12H,13-14H2,1H3,(H,23,27). The van der Waals surface area contributed by atoms with Gasteiger partial charge in [0.15, 0.2) is 11.0 Å². The van der Waals surface area contributed by atoms with E-state index in [0.717, 1.165) is 22.6 Å². The van der Waals surface area contributed by atoms with Crippen LogP contribution in [-0.2, 0) is 11.3 Å². The summed E-state index contributed by atoms with van der Waals surface area (Å²) in [5.74, 6) is 1.61. The minimum absolute atomic E-state index is 0.0985. The molecule has 0 aliphatic rings. The van der Waals surface area contributed by atoms with E-state index in [0.29, 0.717) is 17.5 Å². The number of amides is 1. The van der Waals surface area contributed by atoms with E-state index in [1.54, 1.807) is 18.7 Å². The molecule has 0 saturated heterocycles. The summed E-state index contributed by atoms with van der Waals surface area (Å²) in [5.41, 5.74) is 2.77. The molecule has 0 bridgehead atoms. The first-order valence-electron chi connectivity index (χ1n) is 9.04. The van der Waals surface area contributed by atoms with Crippen molar-refractivity contribution in [1.82, 2.24) is 19.7 Å². The average Bonchev–Trinajstić information content (AvgIpc) is 3.38. The highest BCUT2D eigenvalue weighted by Gasteiger charge is 2.17. The van der Waals surface area contributed by atoms with Gasteiger partial charge in [-0.25, -0.2) is 0 Å². The predicted octanol–water partition coefficient (Wildman–Crippen LogP) is 4.02. The summed E-state index contributed by atoms with van der Waals surface area (Å²) in [6.07, 6.45) is 5.06. The predicted molar refractivity (Wildman–Crippen MR) is 112 cm³/mol. The van der Waals surface area contributed by atoms with Gasteiger partial charge in [-0.3, -0.25) is 14.3 Å². The Morgan fingerprint density at radius 1 is 1.14 bits per heavy atom. The van der Waals surface area contributed by atoms with Gasteiger partial charge in [-0.1, -0.05) is 23.9 Å². The molecule has 3 aromatic heterocycles. The molecule has 4 aromatic rings. The lowest BCUT2D eigenvalue weighted by Crippen LogP contribution is -2.15. The van der Waals surface area contributed by atoms with Gasteiger partial charge in [0.25, 0.3) is 0 Å². The third kappa shape index (κ3) is 4.72. The Morgan fingerprint density at radius 3 is 2.76 bits per heavy atom. The Labute approximate surface area is 172 Å². The summed E-state index contributed by atoms with van der Waals surface area (Å²) in [6.45, 7) is 2.46. The molecule has 8 heteroatoms. The van der Waals surface area contributed by atoms with Crippen LogP contribution in [0.3, 0.4) is 0 Å².